The summed E-state index contributed by atoms with van der Waals surface area (Å²) in [5.74, 6) is 1.34. The number of hydrogen-bond acceptors (Lipinski definition) is 6. The van der Waals surface area contributed by atoms with Crippen LogP contribution in [0.4, 0.5) is 5.82 Å². The molecule has 3 rings (SSSR count). The Morgan fingerprint density at radius 1 is 1.27 bits per heavy atom. The highest BCUT2D eigenvalue weighted by Crippen LogP contribution is 2.30. The van der Waals surface area contributed by atoms with Crippen LogP contribution in [0, 0.1) is 6.92 Å². The van der Waals surface area contributed by atoms with Gasteiger partial charge in [0.15, 0.2) is 12.4 Å². The zero-order chi connectivity index (χ0) is 18.7. The van der Waals surface area contributed by atoms with Crippen molar-refractivity contribution < 1.29 is 14.1 Å². The molecule has 0 bridgehead atoms. The molecule has 1 amide bonds. The maximum absolute atomic E-state index is 11.9. The minimum Gasteiger partial charge on any atom is -0.484 e. The van der Waals surface area contributed by atoms with Crippen molar-refractivity contribution in [3.8, 4) is 16.3 Å². The smallest absolute Gasteiger partial charge is 0.263 e. The predicted molar refractivity (Wildman–Crippen MR) is 102 cm³/mol. The van der Waals surface area contributed by atoms with Gasteiger partial charge >= 0.3 is 0 Å². The van der Waals surface area contributed by atoms with Crippen LogP contribution in [0.5, 0.6) is 5.75 Å². The summed E-state index contributed by atoms with van der Waals surface area (Å²) >= 11 is 1.62. The molecule has 3 aromatic rings. The number of nitrogens with zero attached hydrogens (tertiary/aromatic N) is 2. The number of nitrogens with one attached hydrogen (secondary N) is 1. The molecule has 0 atom stereocenters. The number of carbonyl (C=O) groups is 1. The Morgan fingerprint density at radius 2 is 2.00 bits per heavy atom. The highest BCUT2D eigenvalue weighted by atomic mass is 32.1. The maximum Gasteiger partial charge on any atom is 0.263 e. The topological polar surface area (TPSA) is 77.2 Å². The first-order valence-corrected chi connectivity index (χ1v) is 9.11. The van der Waals surface area contributed by atoms with Crippen molar-refractivity contribution in [1.29, 1.82) is 0 Å². The van der Waals surface area contributed by atoms with Gasteiger partial charge in [0, 0.05) is 22.4 Å². The first-order chi connectivity index (χ1) is 12.3. The van der Waals surface area contributed by atoms with E-state index >= 15 is 0 Å². The highest BCUT2D eigenvalue weighted by molar-refractivity contribution is 7.13. The summed E-state index contributed by atoms with van der Waals surface area (Å²) < 4.78 is 10.4. The van der Waals surface area contributed by atoms with Gasteiger partial charge in [-0.1, -0.05) is 25.9 Å². The minimum absolute atomic E-state index is 0.0353. The third-order valence-corrected chi connectivity index (χ3v) is 4.53. The van der Waals surface area contributed by atoms with Crippen LogP contribution >= 0.6 is 11.3 Å². The predicted octanol–water partition coefficient (Wildman–Crippen LogP) is 4.42. The Labute approximate surface area is 156 Å². The zero-order valence-corrected chi connectivity index (χ0v) is 16.0. The van der Waals surface area contributed by atoms with Crippen molar-refractivity contribution >= 4 is 23.1 Å². The van der Waals surface area contributed by atoms with E-state index in [1.807, 2.05) is 24.3 Å². The van der Waals surface area contributed by atoms with Gasteiger partial charge in [-0.2, -0.15) is 0 Å². The van der Waals surface area contributed by atoms with E-state index < -0.39 is 0 Å². The number of rotatable bonds is 5. The second-order valence-corrected chi connectivity index (χ2v) is 7.83. The second kappa shape index (κ2) is 7.29. The Hall–Kier alpha value is -2.67. The molecule has 26 heavy (non-hydrogen) atoms. The van der Waals surface area contributed by atoms with Crippen molar-refractivity contribution in [2.45, 2.75) is 33.1 Å². The Bertz CT molecular complexity index is 891. The van der Waals surface area contributed by atoms with Gasteiger partial charge in [-0.05, 0) is 31.2 Å². The quantitative estimate of drug-likeness (QED) is 0.718. The number of anilines is 1. The maximum atomic E-state index is 11.9. The van der Waals surface area contributed by atoms with E-state index in [4.69, 9.17) is 14.2 Å². The molecule has 136 valence electrons. The Morgan fingerprint density at radius 3 is 2.58 bits per heavy atom. The third-order valence-electron chi connectivity index (χ3n) is 3.64. The lowest BCUT2D eigenvalue weighted by molar-refractivity contribution is -0.118. The highest BCUT2D eigenvalue weighted by Gasteiger charge is 2.18. The van der Waals surface area contributed by atoms with E-state index in [2.05, 4.69) is 36.6 Å². The van der Waals surface area contributed by atoms with Crippen molar-refractivity contribution in [2.75, 3.05) is 11.9 Å². The first-order valence-electron chi connectivity index (χ1n) is 8.24. The number of aryl methyl sites for hydroxylation is 1. The molecule has 0 saturated carbocycles. The monoisotopic (exact) mass is 371 g/mol. The first kappa shape index (κ1) is 18.1. The Balaban J connectivity index is 1.57. The molecule has 0 aliphatic rings. The molecule has 0 saturated heterocycles. The number of carbonyl (C=O) groups excluding carboxylic acids is 1. The van der Waals surface area contributed by atoms with E-state index in [1.165, 1.54) is 0 Å². The molecule has 6 nitrogen and oxygen atoms in total. The van der Waals surface area contributed by atoms with Gasteiger partial charge in [0.05, 0.1) is 5.69 Å². The fraction of sp³-hybridized carbons (Fsp3) is 0.316. The molecular formula is C19H21N3O3S. The fourth-order valence-electron chi connectivity index (χ4n) is 2.20. The molecule has 0 aliphatic heterocycles. The van der Waals surface area contributed by atoms with Crippen molar-refractivity contribution in [2.24, 2.45) is 0 Å². The average molecular weight is 371 g/mol. The van der Waals surface area contributed by atoms with Crippen molar-refractivity contribution in [3.05, 3.63) is 47.2 Å². The number of benzene rings is 1. The summed E-state index contributed by atoms with van der Waals surface area (Å²) in [6, 6.07) is 9.20. The molecule has 1 aromatic carbocycles. The molecule has 0 radical (unpaired) electrons. The molecule has 2 aromatic heterocycles. The lowest BCUT2D eigenvalue weighted by Gasteiger charge is -2.14. The third kappa shape index (κ3) is 4.49. The van der Waals surface area contributed by atoms with E-state index in [9.17, 15) is 4.79 Å². The fourth-order valence-corrected chi connectivity index (χ4v) is 3.25. The largest absolute Gasteiger partial charge is 0.484 e. The van der Waals surface area contributed by atoms with Gasteiger partial charge in [-0.25, -0.2) is 4.98 Å². The van der Waals surface area contributed by atoms with E-state index in [-0.39, 0.29) is 17.9 Å². The number of thiazole rings is 1. The van der Waals surface area contributed by atoms with Crippen LogP contribution in [0.2, 0.25) is 0 Å². The normalized spacial score (nSPS) is 11.4. The van der Waals surface area contributed by atoms with E-state index in [0.29, 0.717) is 17.3 Å². The number of aromatic nitrogens is 2. The summed E-state index contributed by atoms with van der Waals surface area (Å²) in [5, 5.41) is 9.38. The molecule has 0 unspecified atom stereocenters. The standard InChI is InChI=1S/C19H21N3O3S/c1-12-9-16(22-25-12)21-17(23)10-24-14-7-5-13(6-8-14)18-20-15(11-26-18)19(2,3)4/h5-9,11H,10H2,1-4H3,(H,21,22,23). The van der Waals surface area contributed by atoms with Crippen LogP contribution in [-0.4, -0.2) is 22.7 Å². The van der Waals surface area contributed by atoms with Crippen LogP contribution in [-0.2, 0) is 10.2 Å². The molecule has 1 N–H and O–H groups in total. The number of amides is 1. The summed E-state index contributed by atoms with van der Waals surface area (Å²) in [5.41, 5.74) is 2.14. The van der Waals surface area contributed by atoms with Crippen LogP contribution < -0.4 is 10.1 Å². The molecule has 0 fully saturated rings. The van der Waals surface area contributed by atoms with Crippen LogP contribution in [0.25, 0.3) is 10.6 Å². The van der Waals surface area contributed by atoms with Crippen molar-refractivity contribution in [3.63, 3.8) is 0 Å². The van der Waals surface area contributed by atoms with E-state index in [0.717, 1.165) is 16.3 Å². The van der Waals surface area contributed by atoms with Gasteiger partial charge in [-0.15, -0.1) is 11.3 Å². The number of ether oxygens (including phenoxy) is 1. The van der Waals surface area contributed by atoms with Crippen LogP contribution in [0.15, 0.2) is 40.2 Å². The zero-order valence-electron chi connectivity index (χ0n) is 15.2. The van der Waals surface area contributed by atoms with Crippen LogP contribution in [0.3, 0.4) is 0 Å². The van der Waals surface area contributed by atoms with Gasteiger partial charge in [0.2, 0.25) is 0 Å². The molecule has 7 heteroatoms. The molecule has 2 heterocycles. The average Bonchev–Trinajstić information content (AvgIpc) is 3.22. The van der Waals surface area contributed by atoms with Gasteiger partial charge in [0.1, 0.15) is 16.5 Å². The summed E-state index contributed by atoms with van der Waals surface area (Å²) in [7, 11) is 0. The molecule has 0 aliphatic carbocycles. The number of hydrogen-bond donors (Lipinski definition) is 1. The van der Waals surface area contributed by atoms with E-state index in [1.54, 1.807) is 24.3 Å². The van der Waals surface area contributed by atoms with Gasteiger partial charge in [-0.3, -0.25) is 4.79 Å². The summed E-state index contributed by atoms with van der Waals surface area (Å²) in [6.45, 7) is 8.10. The molecule has 0 spiro atoms. The van der Waals surface area contributed by atoms with Crippen molar-refractivity contribution in [1.82, 2.24) is 10.1 Å². The van der Waals surface area contributed by atoms with Gasteiger partial charge in [0.25, 0.3) is 5.91 Å². The van der Waals surface area contributed by atoms with Gasteiger partial charge < -0.3 is 14.6 Å². The lowest BCUT2D eigenvalue weighted by Crippen LogP contribution is -2.20. The second-order valence-electron chi connectivity index (χ2n) is 6.97. The summed E-state index contributed by atoms with van der Waals surface area (Å²) in [4.78, 5) is 16.6. The lowest BCUT2D eigenvalue weighted by atomic mass is 9.93. The minimum atomic E-state index is -0.294. The van der Waals surface area contributed by atoms with Crippen LogP contribution in [0.1, 0.15) is 32.2 Å². The Kier molecular flexibility index (Phi) is 5.08. The SMILES string of the molecule is Cc1cc(NC(=O)COc2ccc(-c3nc(C(C)(C)C)cs3)cc2)no1. The molecular weight excluding hydrogens is 350 g/mol. The summed E-state index contributed by atoms with van der Waals surface area (Å²) in [6.07, 6.45) is 0.